The SMILES string of the molecule is CCCNCCCS(=O)(=O)NCCC1CCOC1. The Bertz CT molecular complexity index is 300. The molecule has 108 valence electrons. The molecule has 1 heterocycles. The lowest BCUT2D eigenvalue weighted by atomic mass is 10.1. The summed E-state index contributed by atoms with van der Waals surface area (Å²) in [7, 11) is -3.09. The van der Waals surface area contributed by atoms with Gasteiger partial charge in [-0.05, 0) is 44.7 Å². The number of ether oxygens (including phenoxy) is 1. The zero-order valence-corrected chi connectivity index (χ0v) is 12.1. The number of nitrogens with one attached hydrogen (secondary N) is 2. The summed E-state index contributed by atoms with van der Waals surface area (Å²) < 4.78 is 31.3. The van der Waals surface area contributed by atoms with Crippen LogP contribution in [0.5, 0.6) is 0 Å². The summed E-state index contributed by atoms with van der Waals surface area (Å²) in [5.74, 6) is 0.740. The molecule has 0 spiro atoms. The second-order valence-electron chi connectivity index (χ2n) is 4.84. The topological polar surface area (TPSA) is 67.4 Å². The lowest BCUT2D eigenvalue weighted by Crippen LogP contribution is -2.30. The molecule has 0 bridgehead atoms. The third kappa shape index (κ3) is 7.31. The first-order valence-corrected chi connectivity index (χ1v) is 8.55. The fourth-order valence-electron chi connectivity index (χ4n) is 1.99. The van der Waals surface area contributed by atoms with Gasteiger partial charge < -0.3 is 10.1 Å². The minimum Gasteiger partial charge on any atom is -0.381 e. The number of hydrogen-bond acceptors (Lipinski definition) is 4. The maximum atomic E-state index is 11.7. The van der Waals surface area contributed by atoms with Gasteiger partial charge in [0.15, 0.2) is 0 Å². The van der Waals surface area contributed by atoms with Gasteiger partial charge in [-0.25, -0.2) is 13.1 Å². The molecule has 1 aliphatic rings. The summed E-state index contributed by atoms with van der Waals surface area (Å²) in [5.41, 5.74) is 0. The van der Waals surface area contributed by atoms with Gasteiger partial charge in [-0.15, -0.1) is 0 Å². The van der Waals surface area contributed by atoms with Crippen molar-refractivity contribution in [2.75, 3.05) is 38.6 Å². The van der Waals surface area contributed by atoms with Crippen LogP contribution in [0.25, 0.3) is 0 Å². The van der Waals surface area contributed by atoms with Gasteiger partial charge in [0, 0.05) is 19.8 Å². The van der Waals surface area contributed by atoms with Crippen molar-refractivity contribution >= 4 is 10.0 Å². The molecule has 1 atom stereocenters. The Morgan fingerprint density at radius 2 is 2.11 bits per heavy atom. The average Bonchev–Trinajstić information content (AvgIpc) is 2.81. The molecular formula is C12H26N2O3S. The minimum atomic E-state index is -3.09. The maximum absolute atomic E-state index is 11.7. The van der Waals surface area contributed by atoms with Gasteiger partial charge in [-0.1, -0.05) is 6.92 Å². The van der Waals surface area contributed by atoms with E-state index in [4.69, 9.17) is 4.74 Å². The third-order valence-electron chi connectivity index (χ3n) is 3.09. The fraction of sp³-hybridized carbons (Fsp3) is 1.00. The average molecular weight is 278 g/mol. The van der Waals surface area contributed by atoms with E-state index in [0.29, 0.717) is 18.9 Å². The Morgan fingerprint density at radius 3 is 2.78 bits per heavy atom. The third-order valence-corrected chi connectivity index (χ3v) is 4.56. The first kappa shape index (κ1) is 15.9. The molecule has 0 aromatic rings. The smallest absolute Gasteiger partial charge is 0.211 e. The molecule has 0 radical (unpaired) electrons. The van der Waals surface area contributed by atoms with Crippen LogP contribution in [0.2, 0.25) is 0 Å². The largest absolute Gasteiger partial charge is 0.381 e. The van der Waals surface area contributed by atoms with Crippen LogP contribution in [-0.2, 0) is 14.8 Å². The Labute approximate surface area is 111 Å². The van der Waals surface area contributed by atoms with Crippen molar-refractivity contribution in [2.24, 2.45) is 5.92 Å². The zero-order valence-electron chi connectivity index (χ0n) is 11.3. The van der Waals surface area contributed by atoms with Gasteiger partial charge in [0.05, 0.1) is 5.75 Å². The summed E-state index contributed by atoms with van der Waals surface area (Å²) in [4.78, 5) is 0. The summed E-state index contributed by atoms with van der Waals surface area (Å²) in [5, 5.41) is 3.20. The van der Waals surface area contributed by atoms with E-state index in [0.717, 1.165) is 45.6 Å². The second-order valence-corrected chi connectivity index (χ2v) is 6.76. The molecule has 18 heavy (non-hydrogen) atoms. The zero-order chi connectivity index (χ0) is 13.3. The van der Waals surface area contributed by atoms with Crippen LogP contribution >= 0.6 is 0 Å². The van der Waals surface area contributed by atoms with Crippen molar-refractivity contribution in [2.45, 2.75) is 32.6 Å². The normalized spacial score (nSPS) is 20.4. The van der Waals surface area contributed by atoms with Crippen molar-refractivity contribution in [3.05, 3.63) is 0 Å². The van der Waals surface area contributed by atoms with E-state index >= 15 is 0 Å². The second kappa shape index (κ2) is 8.85. The molecule has 2 N–H and O–H groups in total. The lowest BCUT2D eigenvalue weighted by molar-refractivity contribution is 0.184. The molecule has 1 aliphatic heterocycles. The first-order chi connectivity index (χ1) is 8.64. The highest BCUT2D eigenvalue weighted by molar-refractivity contribution is 7.89. The van der Waals surface area contributed by atoms with Crippen molar-refractivity contribution in [1.29, 1.82) is 0 Å². The standard InChI is InChI=1S/C12H26N2O3S/c1-2-6-13-7-3-10-18(15,16)14-8-4-12-5-9-17-11-12/h12-14H,2-11H2,1H3. The van der Waals surface area contributed by atoms with Gasteiger partial charge in [0.2, 0.25) is 10.0 Å². The van der Waals surface area contributed by atoms with Gasteiger partial charge in [0.1, 0.15) is 0 Å². The summed E-state index contributed by atoms with van der Waals surface area (Å²) in [6.45, 7) is 5.96. The van der Waals surface area contributed by atoms with Gasteiger partial charge >= 0.3 is 0 Å². The monoisotopic (exact) mass is 278 g/mol. The molecule has 6 heteroatoms. The van der Waals surface area contributed by atoms with Crippen LogP contribution in [0.4, 0.5) is 0 Å². The number of hydrogen-bond donors (Lipinski definition) is 2. The molecule has 0 aliphatic carbocycles. The van der Waals surface area contributed by atoms with Crippen molar-refractivity contribution in [3.8, 4) is 0 Å². The Morgan fingerprint density at radius 1 is 1.28 bits per heavy atom. The van der Waals surface area contributed by atoms with E-state index in [1.807, 2.05) is 0 Å². The lowest BCUT2D eigenvalue weighted by Gasteiger charge is -2.09. The van der Waals surface area contributed by atoms with Gasteiger partial charge in [-0.2, -0.15) is 0 Å². The van der Waals surface area contributed by atoms with Crippen LogP contribution in [0.3, 0.4) is 0 Å². The van der Waals surface area contributed by atoms with Gasteiger partial charge in [-0.3, -0.25) is 0 Å². The Hall–Kier alpha value is -0.170. The highest BCUT2D eigenvalue weighted by Crippen LogP contribution is 2.15. The molecule has 0 saturated carbocycles. The van der Waals surface area contributed by atoms with Crippen LogP contribution in [0.1, 0.15) is 32.6 Å². The number of sulfonamides is 1. The van der Waals surface area contributed by atoms with Crippen molar-refractivity contribution in [3.63, 3.8) is 0 Å². The summed E-state index contributed by atoms with van der Waals surface area (Å²) in [6.07, 6.45) is 3.69. The van der Waals surface area contributed by atoms with Crippen LogP contribution in [0.15, 0.2) is 0 Å². The predicted octanol–water partition coefficient (Wildman–Crippen LogP) is 0.722. The van der Waals surface area contributed by atoms with Crippen LogP contribution in [0, 0.1) is 5.92 Å². The van der Waals surface area contributed by atoms with Crippen LogP contribution < -0.4 is 10.0 Å². The minimum absolute atomic E-state index is 0.213. The van der Waals surface area contributed by atoms with Crippen molar-refractivity contribution in [1.82, 2.24) is 10.0 Å². The van der Waals surface area contributed by atoms with Gasteiger partial charge in [0.25, 0.3) is 0 Å². The Balaban J connectivity index is 2.03. The van der Waals surface area contributed by atoms with E-state index in [2.05, 4.69) is 17.0 Å². The number of rotatable bonds is 10. The molecule has 5 nitrogen and oxygen atoms in total. The molecule has 1 saturated heterocycles. The van der Waals surface area contributed by atoms with E-state index in [-0.39, 0.29) is 5.75 Å². The molecule has 0 aromatic carbocycles. The molecule has 1 unspecified atom stereocenters. The molecule has 0 aromatic heterocycles. The quantitative estimate of drug-likeness (QED) is 0.578. The highest BCUT2D eigenvalue weighted by atomic mass is 32.2. The highest BCUT2D eigenvalue weighted by Gasteiger charge is 2.16. The Kier molecular flexibility index (Phi) is 7.81. The summed E-state index contributed by atoms with van der Waals surface area (Å²) >= 11 is 0. The molecule has 0 amide bonds. The summed E-state index contributed by atoms with van der Waals surface area (Å²) in [6, 6.07) is 0. The van der Waals surface area contributed by atoms with E-state index in [1.165, 1.54) is 0 Å². The van der Waals surface area contributed by atoms with E-state index < -0.39 is 10.0 Å². The molecule has 1 fully saturated rings. The van der Waals surface area contributed by atoms with E-state index in [1.54, 1.807) is 0 Å². The maximum Gasteiger partial charge on any atom is 0.211 e. The molecule has 1 rings (SSSR count). The molecular weight excluding hydrogens is 252 g/mol. The predicted molar refractivity (Wildman–Crippen MR) is 73.1 cm³/mol. The first-order valence-electron chi connectivity index (χ1n) is 6.90. The van der Waals surface area contributed by atoms with Crippen molar-refractivity contribution < 1.29 is 13.2 Å². The van der Waals surface area contributed by atoms with E-state index in [9.17, 15) is 8.42 Å². The van der Waals surface area contributed by atoms with Crippen LogP contribution in [-0.4, -0.2) is 47.0 Å². The fourth-order valence-corrected chi connectivity index (χ4v) is 3.09.